The van der Waals surface area contributed by atoms with E-state index >= 15 is 0 Å². The smallest absolute Gasteiger partial charge is 0.322 e. The maximum absolute atomic E-state index is 13.0. The first kappa shape index (κ1) is 21.0. The van der Waals surface area contributed by atoms with E-state index in [1.807, 2.05) is 31.2 Å². The van der Waals surface area contributed by atoms with Crippen molar-refractivity contribution in [3.05, 3.63) is 69.3 Å². The lowest BCUT2D eigenvalue weighted by atomic mass is 10.1. The third kappa shape index (κ3) is 4.47. The van der Waals surface area contributed by atoms with Crippen LogP contribution < -0.4 is 5.32 Å². The van der Waals surface area contributed by atoms with Gasteiger partial charge in [0.15, 0.2) is 0 Å². The maximum atomic E-state index is 13.0. The topological polar surface area (TPSA) is 108 Å². The summed E-state index contributed by atoms with van der Waals surface area (Å²) in [7, 11) is 0. The molecule has 0 fully saturated rings. The standard InChI is InChI=1S/C18H17F3N6O3/c1-11-5-3-4-6-13(11)8-25-9-14(7-22-25)23-15(28)10-26-12(2)16(27(29)30)17(24-26)18(19,20)21/h3-7,9H,8,10H2,1-2H3,(H,23,28). The second kappa shape index (κ2) is 7.97. The zero-order valence-corrected chi connectivity index (χ0v) is 16.0. The van der Waals surface area contributed by atoms with Crippen molar-refractivity contribution in [2.75, 3.05) is 5.32 Å². The van der Waals surface area contributed by atoms with Gasteiger partial charge in [0, 0.05) is 6.20 Å². The molecule has 1 aromatic carbocycles. The summed E-state index contributed by atoms with van der Waals surface area (Å²) < 4.78 is 41.3. The number of nitro groups is 1. The van der Waals surface area contributed by atoms with Crippen LogP contribution in [0.4, 0.5) is 24.5 Å². The van der Waals surface area contributed by atoms with Gasteiger partial charge in [-0.2, -0.15) is 23.4 Å². The van der Waals surface area contributed by atoms with Crippen LogP contribution in [0.25, 0.3) is 0 Å². The van der Waals surface area contributed by atoms with Crippen LogP contribution in [-0.2, 0) is 24.1 Å². The van der Waals surface area contributed by atoms with Gasteiger partial charge in [-0.15, -0.1) is 0 Å². The van der Waals surface area contributed by atoms with Gasteiger partial charge in [0.1, 0.15) is 12.2 Å². The normalized spacial score (nSPS) is 11.5. The number of carbonyl (C=O) groups excluding carboxylic acids is 1. The van der Waals surface area contributed by atoms with E-state index in [9.17, 15) is 28.1 Å². The van der Waals surface area contributed by atoms with Crippen LogP contribution in [0.2, 0.25) is 0 Å². The zero-order chi connectivity index (χ0) is 22.1. The lowest BCUT2D eigenvalue weighted by molar-refractivity contribution is -0.388. The molecule has 0 radical (unpaired) electrons. The number of hydrogen-bond acceptors (Lipinski definition) is 5. The number of halogens is 3. The summed E-state index contributed by atoms with van der Waals surface area (Å²) in [6, 6.07) is 7.72. The van der Waals surface area contributed by atoms with Crippen LogP contribution in [0.3, 0.4) is 0 Å². The molecule has 158 valence electrons. The molecule has 0 aliphatic carbocycles. The van der Waals surface area contributed by atoms with Gasteiger partial charge in [-0.1, -0.05) is 24.3 Å². The monoisotopic (exact) mass is 422 g/mol. The van der Waals surface area contributed by atoms with Crippen LogP contribution in [-0.4, -0.2) is 30.4 Å². The number of rotatable bonds is 6. The fourth-order valence-electron chi connectivity index (χ4n) is 2.91. The predicted molar refractivity (Wildman–Crippen MR) is 99.8 cm³/mol. The zero-order valence-electron chi connectivity index (χ0n) is 16.0. The highest BCUT2D eigenvalue weighted by atomic mass is 19.4. The molecule has 0 saturated carbocycles. The summed E-state index contributed by atoms with van der Waals surface area (Å²) in [6.45, 7) is 2.92. The Morgan fingerprint density at radius 1 is 1.27 bits per heavy atom. The first-order valence-corrected chi connectivity index (χ1v) is 8.72. The number of aryl methyl sites for hydroxylation is 1. The van der Waals surface area contributed by atoms with Gasteiger partial charge in [-0.3, -0.25) is 24.3 Å². The molecule has 0 aliphatic rings. The Morgan fingerprint density at radius 3 is 2.57 bits per heavy atom. The molecule has 9 nitrogen and oxygen atoms in total. The molecule has 2 aromatic heterocycles. The van der Waals surface area contributed by atoms with E-state index in [2.05, 4.69) is 15.5 Å². The largest absolute Gasteiger partial charge is 0.442 e. The van der Waals surface area contributed by atoms with E-state index in [4.69, 9.17) is 0 Å². The van der Waals surface area contributed by atoms with Crippen LogP contribution in [0.15, 0.2) is 36.7 Å². The number of benzene rings is 1. The van der Waals surface area contributed by atoms with E-state index in [0.29, 0.717) is 16.9 Å². The summed E-state index contributed by atoms with van der Waals surface area (Å²) >= 11 is 0. The van der Waals surface area contributed by atoms with Gasteiger partial charge in [0.25, 0.3) is 0 Å². The lowest BCUT2D eigenvalue weighted by Gasteiger charge is -2.06. The highest BCUT2D eigenvalue weighted by Crippen LogP contribution is 2.36. The Balaban J connectivity index is 1.72. The van der Waals surface area contributed by atoms with Crippen molar-refractivity contribution in [1.29, 1.82) is 0 Å². The predicted octanol–water partition coefficient (Wildman–Crippen LogP) is 3.31. The summed E-state index contributed by atoms with van der Waals surface area (Å²) in [5, 5.41) is 20.9. The number of nitrogens with one attached hydrogen (secondary N) is 1. The molecule has 30 heavy (non-hydrogen) atoms. The van der Waals surface area contributed by atoms with Gasteiger partial charge in [0.2, 0.25) is 11.6 Å². The van der Waals surface area contributed by atoms with Crippen LogP contribution in [0.5, 0.6) is 0 Å². The van der Waals surface area contributed by atoms with Crippen molar-refractivity contribution in [1.82, 2.24) is 19.6 Å². The minimum Gasteiger partial charge on any atom is -0.322 e. The molecule has 0 saturated heterocycles. The first-order valence-electron chi connectivity index (χ1n) is 8.72. The summed E-state index contributed by atoms with van der Waals surface area (Å²) in [4.78, 5) is 22.1. The number of aromatic nitrogens is 4. The summed E-state index contributed by atoms with van der Waals surface area (Å²) in [5.74, 6) is -0.695. The van der Waals surface area contributed by atoms with Gasteiger partial charge in [-0.05, 0) is 25.0 Å². The molecule has 0 spiro atoms. The van der Waals surface area contributed by atoms with Crippen molar-refractivity contribution in [3.63, 3.8) is 0 Å². The molecule has 12 heteroatoms. The minimum absolute atomic E-state index is 0.337. The Labute approximate surface area is 168 Å². The van der Waals surface area contributed by atoms with Crippen LogP contribution >= 0.6 is 0 Å². The third-order valence-corrected chi connectivity index (χ3v) is 4.43. The number of amides is 1. The molecule has 3 aromatic rings. The molecule has 2 heterocycles. The fraction of sp³-hybridized carbons (Fsp3) is 0.278. The van der Waals surface area contributed by atoms with Gasteiger partial charge < -0.3 is 5.32 Å². The molecule has 1 amide bonds. The van der Waals surface area contributed by atoms with Crippen molar-refractivity contribution in [3.8, 4) is 0 Å². The molecule has 0 unspecified atom stereocenters. The molecular formula is C18H17F3N6O3. The Hall–Kier alpha value is -3.70. The average molecular weight is 422 g/mol. The molecule has 0 aliphatic heterocycles. The Bertz CT molecular complexity index is 1100. The van der Waals surface area contributed by atoms with Crippen molar-refractivity contribution in [2.24, 2.45) is 0 Å². The summed E-state index contributed by atoms with van der Waals surface area (Å²) in [5.41, 5.74) is -0.709. The van der Waals surface area contributed by atoms with Crippen LogP contribution in [0, 0.1) is 24.0 Å². The van der Waals surface area contributed by atoms with Gasteiger partial charge in [-0.25, -0.2) is 0 Å². The Morgan fingerprint density at radius 2 is 1.97 bits per heavy atom. The van der Waals surface area contributed by atoms with E-state index in [0.717, 1.165) is 18.1 Å². The lowest BCUT2D eigenvalue weighted by Crippen LogP contribution is -2.20. The minimum atomic E-state index is -5.01. The van der Waals surface area contributed by atoms with E-state index in [1.54, 1.807) is 10.9 Å². The number of nitrogens with zero attached hydrogens (tertiary/aromatic N) is 5. The summed E-state index contributed by atoms with van der Waals surface area (Å²) in [6.07, 6.45) is -2.04. The molecular weight excluding hydrogens is 405 g/mol. The quantitative estimate of drug-likeness (QED) is 0.484. The number of alkyl halides is 3. The van der Waals surface area contributed by atoms with Gasteiger partial charge >= 0.3 is 11.9 Å². The molecule has 0 atom stereocenters. The SMILES string of the molecule is Cc1ccccc1Cn1cc(NC(=O)Cn2nc(C(F)(F)F)c([N+](=O)[O-])c2C)cn1. The molecule has 1 N–H and O–H groups in total. The van der Waals surface area contributed by atoms with Crippen molar-refractivity contribution < 1.29 is 22.9 Å². The van der Waals surface area contributed by atoms with Crippen molar-refractivity contribution >= 4 is 17.3 Å². The number of hydrogen-bond donors (Lipinski definition) is 1. The second-order valence-corrected chi connectivity index (χ2v) is 6.60. The fourth-order valence-corrected chi connectivity index (χ4v) is 2.91. The second-order valence-electron chi connectivity index (χ2n) is 6.60. The van der Waals surface area contributed by atoms with Crippen molar-refractivity contribution in [2.45, 2.75) is 33.1 Å². The number of carbonyl (C=O) groups is 1. The van der Waals surface area contributed by atoms with Gasteiger partial charge in [0.05, 0.1) is 23.4 Å². The van der Waals surface area contributed by atoms with E-state index in [-0.39, 0.29) is 5.69 Å². The number of anilines is 1. The van der Waals surface area contributed by atoms with E-state index in [1.165, 1.54) is 6.20 Å². The third-order valence-electron chi connectivity index (χ3n) is 4.43. The molecule has 3 rings (SSSR count). The molecule has 0 bridgehead atoms. The maximum Gasteiger partial charge on any atom is 0.442 e. The Kier molecular flexibility index (Phi) is 5.58. The average Bonchev–Trinajstić information content (AvgIpc) is 3.21. The highest BCUT2D eigenvalue weighted by Gasteiger charge is 2.44. The van der Waals surface area contributed by atoms with Crippen LogP contribution in [0.1, 0.15) is 22.5 Å². The highest BCUT2D eigenvalue weighted by molar-refractivity contribution is 5.90. The van der Waals surface area contributed by atoms with E-state index < -0.39 is 34.9 Å². The first-order chi connectivity index (χ1) is 14.1.